The molecule has 2 aromatic rings. The summed E-state index contributed by atoms with van der Waals surface area (Å²) in [5.74, 6) is 2.39. The van der Waals surface area contributed by atoms with E-state index in [1.807, 2.05) is 12.1 Å². The number of benzene rings is 1. The largest absolute Gasteiger partial charge is 0.497 e. The zero-order valence-corrected chi connectivity index (χ0v) is 15.4. The number of nitrogens with zero attached hydrogens (tertiary/aromatic N) is 3. The molecule has 2 heterocycles. The quantitative estimate of drug-likeness (QED) is 0.844. The van der Waals surface area contributed by atoms with Crippen LogP contribution in [-0.2, 0) is 5.41 Å². The third-order valence-corrected chi connectivity index (χ3v) is 5.25. The average molecular weight is 331 g/mol. The highest BCUT2D eigenvalue weighted by molar-refractivity contribution is 7.09. The minimum Gasteiger partial charge on any atom is -0.497 e. The summed E-state index contributed by atoms with van der Waals surface area (Å²) in [6, 6.07) is 8.94. The van der Waals surface area contributed by atoms with Crippen molar-refractivity contribution in [3.05, 3.63) is 35.7 Å². The van der Waals surface area contributed by atoms with Gasteiger partial charge in [-0.05, 0) is 31.0 Å². The lowest BCUT2D eigenvalue weighted by Crippen LogP contribution is -2.26. The highest BCUT2D eigenvalue weighted by Gasteiger charge is 2.33. The van der Waals surface area contributed by atoms with Gasteiger partial charge in [0.2, 0.25) is 5.13 Å². The Bertz CT molecular complexity index is 660. The maximum atomic E-state index is 5.25. The molecule has 23 heavy (non-hydrogen) atoms. The molecule has 3 rings (SSSR count). The maximum Gasteiger partial charge on any atom is 0.205 e. The Kier molecular flexibility index (Phi) is 4.32. The zero-order valence-electron chi connectivity index (χ0n) is 14.5. The molecular weight excluding hydrogens is 306 g/mol. The van der Waals surface area contributed by atoms with Crippen molar-refractivity contribution >= 4 is 16.7 Å². The van der Waals surface area contributed by atoms with E-state index in [1.165, 1.54) is 17.1 Å². The van der Waals surface area contributed by atoms with E-state index >= 15 is 0 Å². The van der Waals surface area contributed by atoms with E-state index < -0.39 is 0 Å². The van der Waals surface area contributed by atoms with E-state index in [-0.39, 0.29) is 5.41 Å². The molecule has 0 saturated carbocycles. The van der Waals surface area contributed by atoms with Gasteiger partial charge in [0.1, 0.15) is 11.6 Å². The first-order valence-electron chi connectivity index (χ1n) is 8.13. The van der Waals surface area contributed by atoms with Crippen LogP contribution in [0.25, 0.3) is 0 Å². The second-order valence-electron chi connectivity index (χ2n) is 7.36. The number of ether oxygens (including phenoxy) is 1. The first-order chi connectivity index (χ1) is 10.9. The van der Waals surface area contributed by atoms with Gasteiger partial charge >= 0.3 is 0 Å². The first kappa shape index (κ1) is 16.2. The molecular formula is C18H25N3OS. The lowest BCUT2D eigenvalue weighted by molar-refractivity contribution is 0.414. The molecule has 124 valence electrons. The molecule has 2 atom stereocenters. The van der Waals surface area contributed by atoms with Crippen LogP contribution in [0.3, 0.4) is 0 Å². The number of anilines is 1. The number of rotatable bonds is 3. The Morgan fingerprint density at radius 3 is 2.48 bits per heavy atom. The fourth-order valence-corrected chi connectivity index (χ4v) is 4.02. The molecule has 5 heteroatoms. The third kappa shape index (κ3) is 3.34. The molecule has 0 amide bonds. The molecule has 1 aliphatic rings. The Morgan fingerprint density at radius 1 is 1.22 bits per heavy atom. The lowest BCUT2D eigenvalue weighted by atomic mass is 9.96. The van der Waals surface area contributed by atoms with Crippen LogP contribution in [0.1, 0.15) is 51.4 Å². The van der Waals surface area contributed by atoms with Gasteiger partial charge < -0.3 is 9.64 Å². The summed E-state index contributed by atoms with van der Waals surface area (Å²) in [6.07, 6.45) is 1.15. The van der Waals surface area contributed by atoms with Crippen LogP contribution >= 0.6 is 11.5 Å². The molecule has 4 nitrogen and oxygen atoms in total. The fourth-order valence-electron chi connectivity index (χ4n) is 3.05. The summed E-state index contributed by atoms with van der Waals surface area (Å²) < 4.78 is 9.81. The van der Waals surface area contributed by atoms with E-state index in [2.05, 4.69) is 49.1 Å². The van der Waals surface area contributed by atoms with Gasteiger partial charge in [-0.15, -0.1) is 0 Å². The summed E-state index contributed by atoms with van der Waals surface area (Å²) in [5.41, 5.74) is 1.38. The molecule has 1 saturated heterocycles. The van der Waals surface area contributed by atoms with Crippen molar-refractivity contribution in [2.75, 3.05) is 18.6 Å². The topological polar surface area (TPSA) is 38.2 Å². The molecule has 2 unspecified atom stereocenters. The predicted octanol–water partition coefficient (Wildman–Crippen LogP) is 4.23. The van der Waals surface area contributed by atoms with Crippen molar-refractivity contribution in [2.24, 2.45) is 0 Å². The van der Waals surface area contributed by atoms with Crippen LogP contribution < -0.4 is 9.64 Å². The van der Waals surface area contributed by atoms with Gasteiger partial charge in [0.15, 0.2) is 0 Å². The average Bonchev–Trinajstić information content (AvgIpc) is 3.13. The highest BCUT2D eigenvalue weighted by atomic mass is 32.1. The van der Waals surface area contributed by atoms with E-state index in [1.54, 1.807) is 7.11 Å². The Hall–Kier alpha value is -1.62. The number of aromatic nitrogens is 2. The number of hydrogen-bond acceptors (Lipinski definition) is 5. The van der Waals surface area contributed by atoms with Gasteiger partial charge in [0.05, 0.1) is 7.11 Å². The monoisotopic (exact) mass is 331 g/mol. The van der Waals surface area contributed by atoms with Crippen molar-refractivity contribution in [3.8, 4) is 5.75 Å². The summed E-state index contributed by atoms with van der Waals surface area (Å²) in [4.78, 5) is 7.19. The Labute approximate surface area is 142 Å². The molecule has 0 radical (unpaired) electrons. The molecule has 0 N–H and O–H groups in total. The van der Waals surface area contributed by atoms with Crippen LogP contribution in [-0.4, -0.2) is 29.1 Å². The van der Waals surface area contributed by atoms with Crippen molar-refractivity contribution in [1.82, 2.24) is 9.36 Å². The second-order valence-corrected chi connectivity index (χ2v) is 8.09. The van der Waals surface area contributed by atoms with E-state index in [4.69, 9.17) is 9.72 Å². The Balaban J connectivity index is 1.76. The third-order valence-electron chi connectivity index (χ3n) is 4.49. The standard InChI is InChI=1S/C18H25N3OS/c1-12-10-14(13-6-8-15(22-5)9-7-13)11-21(12)17-19-16(20-23-17)18(2,3)4/h6-9,12,14H,10-11H2,1-5H3. The van der Waals surface area contributed by atoms with Crippen molar-refractivity contribution in [1.29, 1.82) is 0 Å². The smallest absolute Gasteiger partial charge is 0.205 e. The van der Waals surface area contributed by atoms with Crippen molar-refractivity contribution in [3.63, 3.8) is 0 Å². The van der Waals surface area contributed by atoms with Gasteiger partial charge in [-0.2, -0.15) is 4.37 Å². The Morgan fingerprint density at radius 2 is 1.91 bits per heavy atom. The van der Waals surface area contributed by atoms with Crippen LogP contribution in [0.4, 0.5) is 5.13 Å². The molecule has 1 aliphatic heterocycles. The highest BCUT2D eigenvalue weighted by Crippen LogP contribution is 2.37. The summed E-state index contributed by atoms with van der Waals surface area (Å²) >= 11 is 1.53. The van der Waals surface area contributed by atoms with E-state index in [9.17, 15) is 0 Å². The zero-order chi connectivity index (χ0) is 16.6. The minimum absolute atomic E-state index is 0.00704. The van der Waals surface area contributed by atoms with E-state index in [0.29, 0.717) is 12.0 Å². The van der Waals surface area contributed by atoms with Crippen molar-refractivity contribution in [2.45, 2.75) is 51.5 Å². The van der Waals surface area contributed by atoms with Gasteiger partial charge in [-0.1, -0.05) is 32.9 Å². The molecule has 1 aromatic heterocycles. The number of methoxy groups -OCH3 is 1. The van der Waals surface area contributed by atoms with Crippen LogP contribution in [0.2, 0.25) is 0 Å². The normalized spacial score (nSPS) is 21.7. The molecule has 1 fully saturated rings. The summed E-state index contributed by atoms with van der Waals surface area (Å²) in [7, 11) is 1.71. The van der Waals surface area contributed by atoms with Crippen molar-refractivity contribution < 1.29 is 4.74 Å². The lowest BCUT2D eigenvalue weighted by Gasteiger charge is -2.20. The maximum absolute atomic E-state index is 5.25. The van der Waals surface area contributed by atoms with E-state index in [0.717, 1.165) is 29.7 Å². The van der Waals surface area contributed by atoms with Gasteiger partial charge in [0.25, 0.3) is 0 Å². The number of hydrogen-bond donors (Lipinski definition) is 0. The molecule has 0 bridgehead atoms. The predicted molar refractivity (Wildman–Crippen MR) is 95.8 cm³/mol. The van der Waals surface area contributed by atoms with Gasteiger partial charge in [-0.3, -0.25) is 0 Å². The van der Waals surface area contributed by atoms with Crippen LogP contribution in [0.5, 0.6) is 5.75 Å². The molecule has 0 spiro atoms. The minimum atomic E-state index is 0.00704. The SMILES string of the molecule is COc1ccc(C2CC(C)N(c3nc(C(C)(C)C)ns3)C2)cc1. The van der Waals surface area contributed by atoms with Gasteiger partial charge in [-0.25, -0.2) is 4.98 Å². The first-order valence-corrected chi connectivity index (χ1v) is 8.90. The molecule has 0 aliphatic carbocycles. The molecule has 1 aromatic carbocycles. The summed E-state index contributed by atoms with van der Waals surface area (Å²) in [5, 5.41) is 1.05. The fraction of sp³-hybridized carbons (Fsp3) is 0.556. The summed E-state index contributed by atoms with van der Waals surface area (Å²) in [6.45, 7) is 9.76. The van der Waals surface area contributed by atoms with Crippen LogP contribution in [0.15, 0.2) is 24.3 Å². The second kappa shape index (κ2) is 6.11. The van der Waals surface area contributed by atoms with Crippen LogP contribution in [0, 0.1) is 0 Å². The van der Waals surface area contributed by atoms with Gasteiger partial charge in [0, 0.05) is 35.5 Å².